The third kappa shape index (κ3) is 2.74. The number of para-hydroxylation sites is 1. The van der Waals surface area contributed by atoms with Gasteiger partial charge in [0.15, 0.2) is 4.90 Å². The van der Waals surface area contributed by atoms with Gasteiger partial charge in [-0.05, 0) is 37.1 Å². The van der Waals surface area contributed by atoms with E-state index in [0.29, 0.717) is 11.9 Å². The maximum absolute atomic E-state index is 13.1. The first kappa shape index (κ1) is 17.2. The quantitative estimate of drug-likeness (QED) is 0.530. The molecule has 1 atom stereocenters. The van der Waals surface area contributed by atoms with Gasteiger partial charge in [0.25, 0.3) is 0 Å². The number of hydrogen-bond acceptors (Lipinski definition) is 7. The molecule has 1 aliphatic carbocycles. The fraction of sp³-hybridized carbons (Fsp3) is 0.263. The fourth-order valence-electron chi connectivity index (χ4n) is 3.71. The molecular formula is C19H18N6O2S. The van der Waals surface area contributed by atoms with Crippen LogP contribution in [-0.2, 0) is 14.4 Å². The van der Waals surface area contributed by atoms with Crippen LogP contribution in [0.15, 0.2) is 58.7 Å². The van der Waals surface area contributed by atoms with Crippen molar-refractivity contribution in [1.29, 1.82) is 0 Å². The SMILES string of the molecule is O=[S+]([O-])(c1cccnc1)c1nnn2c1nc(NC1CCCC1)c1ccccc12. The molecule has 5 rings (SSSR count). The van der Waals surface area contributed by atoms with E-state index in [1.807, 2.05) is 24.3 Å². The molecule has 3 heterocycles. The molecule has 8 nitrogen and oxygen atoms in total. The molecule has 0 spiro atoms. The van der Waals surface area contributed by atoms with E-state index in [4.69, 9.17) is 0 Å². The normalized spacial score (nSPS) is 17.2. The molecule has 1 fully saturated rings. The van der Waals surface area contributed by atoms with Gasteiger partial charge >= 0.3 is 5.03 Å². The second-order valence-corrected chi connectivity index (χ2v) is 8.79. The summed E-state index contributed by atoms with van der Waals surface area (Å²) in [4.78, 5) is 8.62. The molecule has 1 saturated carbocycles. The molecule has 1 N–H and O–H groups in total. The Morgan fingerprint density at radius 3 is 2.75 bits per heavy atom. The molecule has 3 aromatic heterocycles. The standard InChI is InChI=1S/C19H18N6O2S/c26-28(27,14-8-5-11-20-12-14)19-18-22-17(21-13-6-1-2-7-13)15-9-3-4-10-16(15)25(18)24-23-19/h3-5,8-13H,1-2,6-7H2,(H-,21,22,26,27). The number of aromatic nitrogens is 5. The number of hydrogen-bond donors (Lipinski definition) is 1. The molecule has 28 heavy (non-hydrogen) atoms. The lowest BCUT2D eigenvalue weighted by atomic mass is 10.2. The van der Waals surface area contributed by atoms with E-state index in [1.165, 1.54) is 35.8 Å². The first-order chi connectivity index (χ1) is 13.6. The lowest BCUT2D eigenvalue weighted by molar-refractivity contribution is 0.474. The first-order valence-corrected chi connectivity index (χ1v) is 10.7. The van der Waals surface area contributed by atoms with Crippen LogP contribution in [0.2, 0.25) is 0 Å². The summed E-state index contributed by atoms with van der Waals surface area (Å²) in [7, 11) is -3.88. The maximum atomic E-state index is 13.1. The second-order valence-electron chi connectivity index (χ2n) is 6.93. The van der Waals surface area contributed by atoms with Gasteiger partial charge in [-0.1, -0.05) is 39.5 Å². The van der Waals surface area contributed by atoms with Crippen LogP contribution < -0.4 is 5.32 Å². The smallest absolute Gasteiger partial charge is 0.318 e. The highest BCUT2D eigenvalue weighted by atomic mass is 32.3. The number of nitrogens with zero attached hydrogens (tertiary/aromatic N) is 5. The summed E-state index contributed by atoms with van der Waals surface area (Å²) in [5.41, 5.74) is 0.969. The molecule has 0 radical (unpaired) electrons. The second kappa shape index (κ2) is 6.61. The molecule has 1 unspecified atom stereocenters. The van der Waals surface area contributed by atoms with Crippen molar-refractivity contribution in [2.45, 2.75) is 41.6 Å². The lowest BCUT2D eigenvalue weighted by Gasteiger charge is -2.15. The number of fused-ring (bicyclic) bond motifs is 3. The average molecular weight is 394 g/mol. The monoisotopic (exact) mass is 394 g/mol. The molecule has 0 bridgehead atoms. The van der Waals surface area contributed by atoms with Gasteiger partial charge in [-0.25, -0.2) is 4.98 Å². The van der Waals surface area contributed by atoms with Crippen LogP contribution >= 0.6 is 0 Å². The third-order valence-electron chi connectivity index (χ3n) is 5.12. The number of pyridine rings is 1. The fourth-order valence-corrected chi connectivity index (χ4v) is 4.91. The van der Waals surface area contributed by atoms with Crippen molar-refractivity contribution in [2.75, 3.05) is 5.32 Å². The Morgan fingerprint density at radius 1 is 1.14 bits per heavy atom. The van der Waals surface area contributed by atoms with E-state index in [9.17, 15) is 8.76 Å². The van der Waals surface area contributed by atoms with Crippen LogP contribution in [0.4, 0.5) is 5.82 Å². The van der Waals surface area contributed by atoms with Gasteiger partial charge in [0.1, 0.15) is 16.0 Å². The Hall–Kier alpha value is -2.91. The minimum atomic E-state index is -3.88. The minimum Gasteiger partial charge on any atom is -0.604 e. The van der Waals surface area contributed by atoms with Crippen molar-refractivity contribution in [3.8, 4) is 0 Å². The number of benzene rings is 1. The van der Waals surface area contributed by atoms with Gasteiger partial charge in [0.2, 0.25) is 5.65 Å². The molecular weight excluding hydrogens is 376 g/mol. The topological polar surface area (TPSA) is 108 Å². The highest BCUT2D eigenvalue weighted by molar-refractivity contribution is 7.97. The van der Waals surface area contributed by atoms with E-state index < -0.39 is 10.2 Å². The van der Waals surface area contributed by atoms with Crippen LogP contribution in [0.3, 0.4) is 0 Å². The molecule has 4 aromatic rings. The van der Waals surface area contributed by atoms with E-state index in [0.717, 1.165) is 23.7 Å². The predicted molar refractivity (Wildman–Crippen MR) is 104 cm³/mol. The number of nitrogens with one attached hydrogen (secondary N) is 1. The number of rotatable bonds is 4. The lowest BCUT2D eigenvalue weighted by Crippen LogP contribution is -2.17. The Morgan fingerprint density at radius 2 is 1.96 bits per heavy atom. The van der Waals surface area contributed by atoms with Crippen molar-refractivity contribution in [1.82, 2.24) is 24.8 Å². The molecule has 1 aliphatic rings. The summed E-state index contributed by atoms with van der Waals surface area (Å²) in [6.45, 7) is 0. The number of sulfone groups is 1. The van der Waals surface area contributed by atoms with Gasteiger partial charge in [-0.2, -0.15) is 4.52 Å². The summed E-state index contributed by atoms with van der Waals surface area (Å²) < 4.78 is 27.7. The molecule has 0 amide bonds. The van der Waals surface area contributed by atoms with Crippen molar-refractivity contribution >= 4 is 32.6 Å². The minimum absolute atomic E-state index is 0.0673. The Balaban J connectivity index is 1.72. The van der Waals surface area contributed by atoms with E-state index in [-0.39, 0.29) is 15.6 Å². The van der Waals surface area contributed by atoms with Crippen molar-refractivity contribution in [3.05, 3.63) is 48.8 Å². The zero-order valence-corrected chi connectivity index (χ0v) is 15.8. The Bertz CT molecular complexity index is 1200. The van der Waals surface area contributed by atoms with Crippen LogP contribution in [0.5, 0.6) is 0 Å². The van der Waals surface area contributed by atoms with E-state index in [1.54, 1.807) is 6.07 Å². The molecule has 1 aromatic carbocycles. The molecule has 142 valence electrons. The highest BCUT2D eigenvalue weighted by Crippen LogP contribution is 2.31. The van der Waals surface area contributed by atoms with Crippen LogP contribution in [0.1, 0.15) is 25.7 Å². The highest BCUT2D eigenvalue weighted by Gasteiger charge is 2.32. The van der Waals surface area contributed by atoms with Gasteiger partial charge < -0.3 is 9.87 Å². The Kier molecular flexibility index (Phi) is 4.06. The summed E-state index contributed by atoms with van der Waals surface area (Å²) in [5, 5.41) is 12.3. The van der Waals surface area contributed by atoms with E-state index >= 15 is 0 Å². The van der Waals surface area contributed by atoms with Crippen LogP contribution in [0, 0.1) is 0 Å². The summed E-state index contributed by atoms with van der Waals surface area (Å²) in [6.07, 6.45) is 7.37. The van der Waals surface area contributed by atoms with Crippen LogP contribution in [-0.4, -0.2) is 35.4 Å². The predicted octanol–water partition coefficient (Wildman–Crippen LogP) is 3.07. The van der Waals surface area contributed by atoms with Crippen molar-refractivity contribution in [2.24, 2.45) is 0 Å². The molecule has 0 saturated heterocycles. The Labute approximate surface area is 162 Å². The molecule has 0 aliphatic heterocycles. The first-order valence-electron chi connectivity index (χ1n) is 9.20. The number of anilines is 1. The van der Waals surface area contributed by atoms with Gasteiger partial charge in [-0.15, -0.1) is 0 Å². The van der Waals surface area contributed by atoms with Gasteiger partial charge in [0, 0.05) is 17.6 Å². The maximum Gasteiger partial charge on any atom is 0.318 e. The summed E-state index contributed by atoms with van der Waals surface area (Å²) >= 11 is 0. The van der Waals surface area contributed by atoms with Gasteiger partial charge in [-0.3, -0.25) is 4.98 Å². The zero-order chi connectivity index (χ0) is 19.1. The molecule has 9 heteroatoms. The van der Waals surface area contributed by atoms with E-state index in [2.05, 4.69) is 25.6 Å². The summed E-state index contributed by atoms with van der Waals surface area (Å²) in [5.74, 6) is 0.667. The average Bonchev–Trinajstić information content (AvgIpc) is 3.39. The zero-order valence-electron chi connectivity index (χ0n) is 15.0. The summed E-state index contributed by atoms with van der Waals surface area (Å²) in [6, 6.07) is 11.1. The van der Waals surface area contributed by atoms with Crippen molar-refractivity contribution < 1.29 is 8.76 Å². The van der Waals surface area contributed by atoms with Gasteiger partial charge in [0.05, 0.1) is 11.7 Å². The third-order valence-corrected chi connectivity index (χ3v) is 6.75. The van der Waals surface area contributed by atoms with Crippen LogP contribution in [0.25, 0.3) is 16.6 Å². The van der Waals surface area contributed by atoms with Crippen molar-refractivity contribution in [3.63, 3.8) is 0 Å². The largest absolute Gasteiger partial charge is 0.604 e.